The van der Waals surface area contributed by atoms with Crippen LogP contribution in [0.2, 0.25) is 0 Å². The molecule has 2 aromatic heterocycles. The lowest BCUT2D eigenvalue weighted by Crippen LogP contribution is -2.32. The first kappa shape index (κ1) is 35.9. The Kier molecular flexibility index (Phi) is 8.06. The van der Waals surface area contributed by atoms with Crippen LogP contribution in [0.4, 0.5) is 0 Å². The van der Waals surface area contributed by atoms with Gasteiger partial charge in [0.25, 0.3) is 0 Å². The van der Waals surface area contributed by atoms with Crippen molar-refractivity contribution in [1.82, 2.24) is 9.97 Å². The Bertz CT molecular complexity index is 3560. The van der Waals surface area contributed by atoms with E-state index in [9.17, 15) is 0 Å². The third-order valence-electron chi connectivity index (χ3n) is 13.0. The van der Waals surface area contributed by atoms with E-state index in [1.165, 1.54) is 43.2 Å². The van der Waals surface area contributed by atoms with Gasteiger partial charge < -0.3 is 4.42 Å². The van der Waals surface area contributed by atoms with Gasteiger partial charge in [-0.15, -0.1) is 0 Å². The van der Waals surface area contributed by atoms with Crippen LogP contribution in [-0.4, -0.2) is 9.97 Å². The number of para-hydroxylation sites is 2. The van der Waals surface area contributed by atoms with Gasteiger partial charge in [-0.1, -0.05) is 194 Å². The molecular formula is C59H36N2OS. The van der Waals surface area contributed by atoms with Crippen molar-refractivity contribution >= 4 is 33.7 Å². The number of fused-ring (bicyclic) bond motifs is 12. The smallest absolute Gasteiger partial charge is 0.160 e. The summed E-state index contributed by atoms with van der Waals surface area (Å²) in [6.45, 7) is 0. The molecule has 0 unspecified atom stereocenters. The van der Waals surface area contributed by atoms with Crippen molar-refractivity contribution in [3.63, 3.8) is 0 Å². The van der Waals surface area contributed by atoms with Crippen molar-refractivity contribution in [3.05, 3.63) is 241 Å². The third-order valence-corrected chi connectivity index (χ3v) is 14.1. The Labute approximate surface area is 369 Å². The topological polar surface area (TPSA) is 38.9 Å². The molecule has 1 spiro atoms. The van der Waals surface area contributed by atoms with E-state index in [1.54, 1.807) is 0 Å². The summed E-state index contributed by atoms with van der Waals surface area (Å²) in [6, 6.07) is 78.5. The fourth-order valence-electron chi connectivity index (χ4n) is 10.1. The standard InChI is InChI=1S/C59H36N2OS/c1-2-14-38(15-3-1)52-36-53(39-30-28-37(29-31-39)43-21-13-22-47-46-20-6-10-26-54(46)62-57(43)47)61-58(60-52)42-17-12-16-40(34-42)41-32-33-56-51(35-41)59(50-25-9-11-27-55(50)63-56)48-23-7-4-18-44(48)45-19-5-8-24-49(45)59/h1-36H. The van der Waals surface area contributed by atoms with Crippen LogP contribution in [0.3, 0.4) is 0 Å². The van der Waals surface area contributed by atoms with Gasteiger partial charge in [0.2, 0.25) is 0 Å². The lowest BCUT2D eigenvalue weighted by molar-refractivity contribution is 0.670. The van der Waals surface area contributed by atoms with Crippen LogP contribution >= 0.6 is 11.8 Å². The fourth-order valence-corrected chi connectivity index (χ4v) is 11.3. The van der Waals surface area contributed by atoms with E-state index in [1.807, 2.05) is 30.0 Å². The molecule has 0 amide bonds. The lowest BCUT2D eigenvalue weighted by Gasteiger charge is -2.40. The van der Waals surface area contributed by atoms with Crippen molar-refractivity contribution in [1.29, 1.82) is 0 Å². The highest BCUT2D eigenvalue weighted by Gasteiger charge is 2.50. The zero-order valence-corrected chi connectivity index (χ0v) is 34.8. The van der Waals surface area contributed by atoms with Crippen molar-refractivity contribution in [3.8, 4) is 67.3 Å². The van der Waals surface area contributed by atoms with Crippen molar-refractivity contribution < 1.29 is 4.42 Å². The summed E-state index contributed by atoms with van der Waals surface area (Å²) in [7, 11) is 0. The van der Waals surface area contributed by atoms with Gasteiger partial charge in [-0.3, -0.25) is 0 Å². The molecule has 0 N–H and O–H groups in total. The summed E-state index contributed by atoms with van der Waals surface area (Å²) in [4.78, 5) is 13.1. The number of nitrogens with zero attached hydrogens (tertiary/aromatic N) is 2. The maximum absolute atomic E-state index is 6.40. The molecule has 3 heterocycles. The van der Waals surface area contributed by atoms with Crippen LogP contribution in [0, 0.1) is 0 Å². The molecule has 1 aliphatic heterocycles. The number of hydrogen-bond acceptors (Lipinski definition) is 4. The molecule has 2 aliphatic rings. The van der Waals surface area contributed by atoms with E-state index in [4.69, 9.17) is 14.4 Å². The molecule has 1 aliphatic carbocycles. The number of benzene rings is 9. The summed E-state index contributed by atoms with van der Waals surface area (Å²) < 4.78 is 6.40. The normalized spacial score (nSPS) is 13.1. The molecular weight excluding hydrogens is 785 g/mol. The summed E-state index contributed by atoms with van der Waals surface area (Å²) in [5, 5.41) is 2.25. The Morgan fingerprint density at radius 1 is 0.349 bits per heavy atom. The number of hydrogen-bond donors (Lipinski definition) is 0. The van der Waals surface area contributed by atoms with Crippen LogP contribution in [0.15, 0.2) is 233 Å². The average Bonchev–Trinajstić information content (AvgIpc) is 3.88. The van der Waals surface area contributed by atoms with E-state index in [0.29, 0.717) is 5.82 Å². The average molecular weight is 821 g/mol. The molecule has 0 atom stereocenters. The van der Waals surface area contributed by atoms with E-state index < -0.39 is 5.41 Å². The largest absolute Gasteiger partial charge is 0.455 e. The molecule has 63 heavy (non-hydrogen) atoms. The van der Waals surface area contributed by atoms with Crippen LogP contribution in [-0.2, 0) is 5.41 Å². The van der Waals surface area contributed by atoms with Gasteiger partial charge >= 0.3 is 0 Å². The molecule has 0 saturated carbocycles. The van der Waals surface area contributed by atoms with Gasteiger partial charge in [-0.25, -0.2) is 9.97 Å². The minimum absolute atomic E-state index is 0.436. The molecule has 294 valence electrons. The Hall–Kier alpha value is -7.79. The van der Waals surface area contributed by atoms with Crippen LogP contribution in [0.5, 0.6) is 0 Å². The highest BCUT2D eigenvalue weighted by atomic mass is 32.2. The first-order chi connectivity index (χ1) is 31.2. The second-order valence-electron chi connectivity index (χ2n) is 16.4. The molecule has 13 rings (SSSR count). The second kappa shape index (κ2) is 14.1. The van der Waals surface area contributed by atoms with Crippen molar-refractivity contribution in [2.45, 2.75) is 15.2 Å². The highest BCUT2D eigenvalue weighted by Crippen LogP contribution is 2.62. The fraction of sp³-hybridized carbons (Fsp3) is 0.0169. The Morgan fingerprint density at radius 2 is 0.889 bits per heavy atom. The van der Waals surface area contributed by atoms with Gasteiger partial charge in [0.05, 0.1) is 16.8 Å². The van der Waals surface area contributed by atoms with Crippen LogP contribution in [0.1, 0.15) is 22.3 Å². The lowest BCUT2D eigenvalue weighted by atomic mass is 9.67. The Balaban J connectivity index is 0.925. The maximum atomic E-state index is 6.40. The van der Waals surface area contributed by atoms with Gasteiger partial charge in [-0.2, -0.15) is 0 Å². The molecule has 0 fully saturated rings. The first-order valence-electron chi connectivity index (χ1n) is 21.4. The number of aromatic nitrogens is 2. The first-order valence-corrected chi connectivity index (χ1v) is 22.2. The van der Waals surface area contributed by atoms with Gasteiger partial charge in [0.1, 0.15) is 11.2 Å². The van der Waals surface area contributed by atoms with E-state index in [2.05, 4.69) is 200 Å². The second-order valence-corrected chi connectivity index (χ2v) is 17.5. The van der Waals surface area contributed by atoms with Gasteiger partial charge in [-0.05, 0) is 86.5 Å². The monoisotopic (exact) mass is 820 g/mol. The maximum Gasteiger partial charge on any atom is 0.160 e. The SMILES string of the molecule is c1ccc(-c2cc(-c3ccc(-c4cccc5c4oc4ccccc45)cc3)nc(-c3cccc(-c4ccc5c(c4)C4(c6ccccc6S5)c5ccccc5-c5ccccc54)c3)n2)cc1. The molecule has 0 radical (unpaired) electrons. The summed E-state index contributed by atoms with van der Waals surface area (Å²) in [6.07, 6.45) is 0. The number of furan rings is 1. The minimum atomic E-state index is -0.436. The van der Waals surface area contributed by atoms with Crippen molar-refractivity contribution in [2.24, 2.45) is 0 Å². The third kappa shape index (κ3) is 5.55. The van der Waals surface area contributed by atoms with Crippen molar-refractivity contribution in [2.75, 3.05) is 0 Å². The Morgan fingerprint density at radius 3 is 1.68 bits per heavy atom. The molecule has 4 heteroatoms. The predicted molar refractivity (Wildman–Crippen MR) is 258 cm³/mol. The zero-order valence-electron chi connectivity index (χ0n) is 34.0. The quantitative estimate of drug-likeness (QED) is 0.173. The van der Waals surface area contributed by atoms with Gasteiger partial charge in [0.15, 0.2) is 5.82 Å². The highest BCUT2D eigenvalue weighted by molar-refractivity contribution is 7.99. The summed E-state index contributed by atoms with van der Waals surface area (Å²) in [5.41, 5.74) is 18.5. The number of rotatable bonds is 5. The van der Waals surface area contributed by atoms with Gasteiger partial charge in [0, 0.05) is 42.8 Å². The summed E-state index contributed by atoms with van der Waals surface area (Å²) in [5.74, 6) is 0.682. The molecule has 3 nitrogen and oxygen atoms in total. The molecule has 11 aromatic rings. The minimum Gasteiger partial charge on any atom is -0.455 e. The van der Waals surface area contributed by atoms with E-state index in [-0.39, 0.29) is 0 Å². The van der Waals surface area contributed by atoms with E-state index in [0.717, 1.165) is 72.3 Å². The molecule has 9 aromatic carbocycles. The zero-order chi connectivity index (χ0) is 41.5. The molecule has 0 bridgehead atoms. The van der Waals surface area contributed by atoms with Crippen LogP contribution < -0.4 is 0 Å². The predicted octanol–water partition coefficient (Wildman–Crippen LogP) is 15.5. The summed E-state index contributed by atoms with van der Waals surface area (Å²) >= 11 is 1.87. The molecule has 0 saturated heterocycles. The van der Waals surface area contributed by atoms with E-state index >= 15 is 0 Å². The van der Waals surface area contributed by atoms with Crippen LogP contribution in [0.25, 0.3) is 89.2 Å².